The van der Waals surface area contributed by atoms with Crippen LogP contribution in [0.2, 0.25) is 0 Å². The van der Waals surface area contributed by atoms with Gasteiger partial charge in [0.1, 0.15) is 5.82 Å². The standard InChI is InChI=1S/C18H24FN3O2/c19-18-14-8-9-20-11-13(14)6-7-15(18)21-16(23)12-22-10-4-2-1-3-5-17(22)24/h6-7,20H,1-5,8-12H2,(H,21,23). The predicted molar refractivity (Wildman–Crippen MR) is 90.1 cm³/mol. The Bertz CT molecular complexity index is 633. The Labute approximate surface area is 141 Å². The van der Waals surface area contributed by atoms with E-state index in [0.29, 0.717) is 31.5 Å². The van der Waals surface area contributed by atoms with Crippen LogP contribution in [0.4, 0.5) is 10.1 Å². The van der Waals surface area contributed by atoms with Crippen molar-refractivity contribution in [1.29, 1.82) is 0 Å². The molecule has 0 saturated carbocycles. The summed E-state index contributed by atoms with van der Waals surface area (Å²) in [6.07, 6.45) is 5.06. The van der Waals surface area contributed by atoms with Gasteiger partial charge in [0.2, 0.25) is 11.8 Å². The molecule has 0 radical (unpaired) electrons. The van der Waals surface area contributed by atoms with E-state index in [9.17, 15) is 14.0 Å². The van der Waals surface area contributed by atoms with Crippen molar-refractivity contribution in [3.05, 3.63) is 29.1 Å². The molecule has 0 aromatic heterocycles. The van der Waals surface area contributed by atoms with Crippen molar-refractivity contribution in [3.63, 3.8) is 0 Å². The van der Waals surface area contributed by atoms with E-state index in [0.717, 1.165) is 37.8 Å². The Kier molecular flexibility index (Phi) is 5.45. The number of carbonyl (C=O) groups is 2. The van der Waals surface area contributed by atoms with E-state index in [2.05, 4.69) is 10.6 Å². The number of fused-ring (bicyclic) bond motifs is 1. The number of nitrogens with zero attached hydrogens (tertiary/aromatic N) is 1. The van der Waals surface area contributed by atoms with E-state index in [1.807, 2.05) is 6.07 Å². The lowest BCUT2D eigenvalue weighted by Crippen LogP contribution is -2.39. The van der Waals surface area contributed by atoms with Crippen molar-refractivity contribution in [2.45, 2.75) is 45.1 Å². The number of hydrogen-bond donors (Lipinski definition) is 2. The summed E-state index contributed by atoms with van der Waals surface area (Å²) in [7, 11) is 0. The highest BCUT2D eigenvalue weighted by atomic mass is 19.1. The second kappa shape index (κ2) is 7.75. The molecule has 5 nitrogen and oxygen atoms in total. The minimum Gasteiger partial charge on any atom is -0.333 e. The van der Waals surface area contributed by atoms with Gasteiger partial charge in [-0.3, -0.25) is 9.59 Å². The molecule has 2 aliphatic heterocycles. The molecule has 2 N–H and O–H groups in total. The lowest BCUT2D eigenvalue weighted by atomic mass is 9.99. The lowest BCUT2D eigenvalue weighted by Gasteiger charge is -2.24. The summed E-state index contributed by atoms with van der Waals surface area (Å²) in [5.41, 5.74) is 1.82. The molecule has 2 aliphatic rings. The van der Waals surface area contributed by atoms with Gasteiger partial charge in [-0.1, -0.05) is 18.9 Å². The second-order valence-corrected chi connectivity index (χ2v) is 6.52. The molecule has 1 saturated heterocycles. The highest BCUT2D eigenvalue weighted by molar-refractivity contribution is 5.94. The fourth-order valence-electron chi connectivity index (χ4n) is 3.38. The number of amides is 2. The zero-order chi connectivity index (χ0) is 16.9. The van der Waals surface area contributed by atoms with Crippen molar-refractivity contribution in [1.82, 2.24) is 10.2 Å². The third-order valence-electron chi connectivity index (χ3n) is 4.74. The Hall–Kier alpha value is -1.95. The third kappa shape index (κ3) is 3.93. The Morgan fingerprint density at radius 2 is 2.04 bits per heavy atom. The number of hydrogen-bond acceptors (Lipinski definition) is 3. The first kappa shape index (κ1) is 16.9. The number of likely N-dealkylation sites (tertiary alicyclic amines) is 1. The smallest absolute Gasteiger partial charge is 0.244 e. The van der Waals surface area contributed by atoms with E-state index in [1.54, 1.807) is 11.0 Å². The minimum absolute atomic E-state index is 0.00306. The molecular weight excluding hydrogens is 309 g/mol. The number of nitrogens with one attached hydrogen (secondary N) is 2. The first-order valence-corrected chi connectivity index (χ1v) is 8.74. The Morgan fingerprint density at radius 1 is 1.21 bits per heavy atom. The third-order valence-corrected chi connectivity index (χ3v) is 4.74. The molecule has 2 amide bonds. The summed E-state index contributed by atoms with van der Waals surface area (Å²) < 4.78 is 14.6. The van der Waals surface area contributed by atoms with Crippen LogP contribution in [0.15, 0.2) is 12.1 Å². The molecule has 1 aromatic carbocycles. The van der Waals surface area contributed by atoms with Crippen LogP contribution in [0.25, 0.3) is 0 Å². The van der Waals surface area contributed by atoms with Crippen LogP contribution >= 0.6 is 0 Å². The molecule has 1 aromatic rings. The van der Waals surface area contributed by atoms with Gasteiger partial charge in [-0.05, 0) is 43.0 Å². The summed E-state index contributed by atoms with van der Waals surface area (Å²) in [4.78, 5) is 25.9. The molecule has 6 heteroatoms. The highest BCUT2D eigenvalue weighted by Gasteiger charge is 2.21. The summed E-state index contributed by atoms with van der Waals surface area (Å²) in [6.45, 7) is 1.99. The quantitative estimate of drug-likeness (QED) is 0.891. The van der Waals surface area contributed by atoms with Gasteiger partial charge >= 0.3 is 0 Å². The van der Waals surface area contributed by atoms with Gasteiger partial charge in [-0.15, -0.1) is 0 Å². The number of rotatable bonds is 3. The predicted octanol–water partition coefficient (Wildman–Crippen LogP) is 2.20. The largest absolute Gasteiger partial charge is 0.333 e. The van der Waals surface area contributed by atoms with Gasteiger partial charge < -0.3 is 15.5 Å². The van der Waals surface area contributed by atoms with Crippen molar-refractivity contribution in [2.75, 3.05) is 25.0 Å². The van der Waals surface area contributed by atoms with Crippen molar-refractivity contribution in [3.8, 4) is 0 Å². The maximum atomic E-state index is 14.6. The van der Waals surface area contributed by atoms with Gasteiger partial charge in [0, 0.05) is 19.5 Å². The van der Waals surface area contributed by atoms with E-state index >= 15 is 0 Å². The fraction of sp³-hybridized carbons (Fsp3) is 0.556. The molecule has 0 spiro atoms. The van der Waals surface area contributed by atoms with E-state index < -0.39 is 0 Å². The molecule has 0 atom stereocenters. The van der Waals surface area contributed by atoms with Gasteiger partial charge in [-0.25, -0.2) is 4.39 Å². The average molecular weight is 333 g/mol. The van der Waals surface area contributed by atoms with Crippen molar-refractivity contribution >= 4 is 17.5 Å². The van der Waals surface area contributed by atoms with Gasteiger partial charge in [0.15, 0.2) is 0 Å². The zero-order valence-electron chi connectivity index (χ0n) is 13.9. The molecule has 3 rings (SSSR count). The van der Waals surface area contributed by atoms with Crippen molar-refractivity contribution < 1.29 is 14.0 Å². The van der Waals surface area contributed by atoms with Crippen LogP contribution in [-0.2, 0) is 22.6 Å². The topological polar surface area (TPSA) is 61.4 Å². The van der Waals surface area contributed by atoms with Crippen LogP contribution in [0.1, 0.15) is 43.2 Å². The SMILES string of the molecule is O=C(CN1CCCCCCC1=O)Nc1ccc2c(c1F)CCNC2. The normalized spacial score (nSPS) is 18.5. The second-order valence-electron chi connectivity index (χ2n) is 6.52. The summed E-state index contributed by atoms with van der Waals surface area (Å²) in [6, 6.07) is 3.45. The van der Waals surface area contributed by atoms with Crippen LogP contribution in [0, 0.1) is 5.82 Å². The van der Waals surface area contributed by atoms with Gasteiger partial charge in [-0.2, -0.15) is 0 Å². The van der Waals surface area contributed by atoms with Crippen molar-refractivity contribution in [2.24, 2.45) is 0 Å². The maximum absolute atomic E-state index is 14.6. The first-order chi connectivity index (χ1) is 11.6. The Balaban J connectivity index is 1.65. The fourth-order valence-corrected chi connectivity index (χ4v) is 3.38. The summed E-state index contributed by atoms with van der Waals surface area (Å²) in [5.74, 6) is -0.667. The Morgan fingerprint density at radius 3 is 2.92 bits per heavy atom. The molecule has 2 heterocycles. The number of halogens is 1. The summed E-state index contributed by atoms with van der Waals surface area (Å²) in [5, 5.41) is 5.84. The lowest BCUT2D eigenvalue weighted by molar-refractivity contribution is -0.135. The first-order valence-electron chi connectivity index (χ1n) is 8.74. The number of anilines is 1. The van der Waals surface area contributed by atoms with Gasteiger partial charge in [0.25, 0.3) is 0 Å². The average Bonchev–Trinajstić information content (AvgIpc) is 2.57. The number of carbonyl (C=O) groups excluding carboxylic acids is 2. The van der Waals surface area contributed by atoms with Crippen LogP contribution in [-0.4, -0.2) is 36.3 Å². The molecular formula is C18H24FN3O2. The van der Waals surface area contributed by atoms with Crippen LogP contribution in [0.3, 0.4) is 0 Å². The van der Waals surface area contributed by atoms with Crippen LogP contribution < -0.4 is 10.6 Å². The summed E-state index contributed by atoms with van der Waals surface area (Å²) >= 11 is 0. The van der Waals surface area contributed by atoms with Crippen LogP contribution in [0.5, 0.6) is 0 Å². The highest BCUT2D eigenvalue weighted by Crippen LogP contribution is 2.24. The van der Waals surface area contributed by atoms with E-state index in [1.165, 1.54) is 0 Å². The number of benzene rings is 1. The molecule has 1 fully saturated rings. The maximum Gasteiger partial charge on any atom is 0.244 e. The molecule has 0 bridgehead atoms. The molecule has 24 heavy (non-hydrogen) atoms. The molecule has 0 unspecified atom stereocenters. The monoisotopic (exact) mass is 333 g/mol. The molecule has 130 valence electrons. The molecule has 0 aliphatic carbocycles. The zero-order valence-corrected chi connectivity index (χ0v) is 13.9. The van der Waals surface area contributed by atoms with E-state index in [4.69, 9.17) is 0 Å². The minimum atomic E-state index is -0.346. The van der Waals surface area contributed by atoms with Gasteiger partial charge in [0.05, 0.1) is 12.2 Å². The van der Waals surface area contributed by atoms with E-state index in [-0.39, 0.29) is 29.9 Å².